The number of alkyl halides is 1. The fraction of sp³-hybridized carbons (Fsp3) is 0.750. The molecule has 0 saturated carbocycles. The molecular weight excluding hydrogens is 208 g/mol. The lowest BCUT2D eigenvalue weighted by atomic mass is 10.2. The summed E-state index contributed by atoms with van der Waals surface area (Å²) in [6.07, 6.45) is 4.11. The van der Waals surface area contributed by atoms with Crippen LogP contribution in [0.4, 0.5) is 0 Å². The fourth-order valence-corrected chi connectivity index (χ4v) is 1.67. The Kier molecular flexibility index (Phi) is 4.12. The van der Waals surface area contributed by atoms with E-state index in [1.165, 1.54) is 0 Å². The molecule has 1 fully saturated rings. The molecule has 0 radical (unpaired) electrons. The number of ether oxygens (including phenoxy) is 2. The molecule has 0 N–H and O–H groups in total. The Labute approximate surface area is 75.7 Å². The molecule has 0 unspecified atom stereocenters. The summed E-state index contributed by atoms with van der Waals surface area (Å²) in [4.78, 5) is 0. The van der Waals surface area contributed by atoms with Gasteiger partial charge in [-0.1, -0.05) is 22.0 Å². The van der Waals surface area contributed by atoms with Crippen LogP contribution in [0.5, 0.6) is 0 Å². The molecular formula is C8H13BrO2. The van der Waals surface area contributed by atoms with Crippen molar-refractivity contribution in [3.63, 3.8) is 0 Å². The summed E-state index contributed by atoms with van der Waals surface area (Å²) in [5.74, 6) is 0. The Morgan fingerprint density at radius 2 is 2.55 bits per heavy atom. The quantitative estimate of drug-likeness (QED) is 0.536. The fourth-order valence-electron chi connectivity index (χ4n) is 1.07. The SMILES string of the molecule is C=CCO[C@H]1CCCO[C@@H]1Br. The van der Waals surface area contributed by atoms with Gasteiger partial charge in [0, 0.05) is 6.61 Å². The maximum Gasteiger partial charge on any atom is 0.138 e. The summed E-state index contributed by atoms with van der Waals surface area (Å²) >= 11 is 3.40. The molecule has 0 aliphatic carbocycles. The van der Waals surface area contributed by atoms with E-state index in [1.807, 2.05) is 0 Å². The third-order valence-electron chi connectivity index (χ3n) is 1.63. The van der Waals surface area contributed by atoms with Crippen LogP contribution < -0.4 is 0 Å². The molecule has 0 amide bonds. The summed E-state index contributed by atoms with van der Waals surface area (Å²) in [6.45, 7) is 5.03. The van der Waals surface area contributed by atoms with Crippen molar-refractivity contribution in [1.29, 1.82) is 0 Å². The van der Waals surface area contributed by atoms with E-state index in [2.05, 4.69) is 22.5 Å². The smallest absolute Gasteiger partial charge is 0.138 e. The van der Waals surface area contributed by atoms with Gasteiger partial charge in [-0.15, -0.1) is 6.58 Å². The number of rotatable bonds is 3. The van der Waals surface area contributed by atoms with Gasteiger partial charge in [-0.3, -0.25) is 0 Å². The van der Waals surface area contributed by atoms with Gasteiger partial charge in [0.1, 0.15) is 5.01 Å². The first-order chi connectivity index (χ1) is 5.34. The zero-order chi connectivity index (χ0) is 8.10. The first-order valence-corrected chi connectivity index (χ1v) is 4.74. The lowest BCUT2D eigenvalue weighted by Gasteiger charge is -2.27. The number of hydrogen-bond acceptors (Lipinski definition) is 2. The van der Waals surface area contributed by atoms with Crippen molar-refractivity contribution in [2.75, 3.05) is 13.2 Å². The van der Waals surface area contributed by atoms with Gasteiger partial charge in [0.15, 0.2) is 0 Å². The minimum atomic E-state index is 0.0659. The Hall–Kier alpha value is 0.140. The highest BCUT2D eigenvalue weighted by molar-refractivity contribution is 9.09. The van der Waals surface area contributed by atoms with Crippen molar-refractivity contribution in [2.45, 2.75) is 24.0 Å². The van der Waals surface area contributed by atoms with E-state index in [9.17, 15) is 0 Å². The van der Waals surface area contributed by atoms with Gasteiger partial charge in [0.25, 0.3) is 0 Å². The molecule has 3 heteroatoms. The second-order valence-corrected chi connectivity index (χ2v) is 3.43. The van der Waals surface area contributed by atoms with E-state index in [-0.39, 0.29) is 11.1 Å². The molecule has 1 rings (SSSR count). The summed E-state index contributed by atoms with van der Waals surface area (Å²) in [5.41, 5.74) is 0. The largest absolute Gasteiger partial charge is 0.371 e. The molecule has 64 valence electrons. The van der Waals surface area contributed by atoms with Crippen LogP contribution >= 0.6 is 15.9 Å². The van der Waals surface area contributed by atoms with E-state index in [0.29, 0.717) is 6.61 Å². The summed E-state index contributed by atoms with van der Waals surface area (Å²) in [7, 11) is 0. The Morgan fingerprint density at radius 3 is 3.18 bits per heavy atom. The predicted molar refractivity (Wildman–Crippen MR) is 47.8 cm³/mol. The molecule has 1 saturated heterocycles. The van der Waals surface area contributed by atoms with E-state index in [4.69, 9.17) is 9.47 Å². The minimum absolute atomic E-state index is 0.0659. The highest BCUT2D eigenvalue weighted by Gasteiger charge is 2.23. The number of hydrogen-bond donors (Lipinski definition) is 0. The van der Waals surface area contributed by atoms with Crippen LogP contribution in [0.2, 0.25) is 0 Å². The Balaban J connectivity index is 2.23. The van der Waals surface area contributed by atoms with Crippen LogP contribution in [-0.4, -0.2) is 24.3 Å². The zero-order valence-electron chi connectivity index (χ0n) is 6.46. The van der Waals surface area contributed by atoms with Gasteiger partial charge in [-0.25, -0.2) is 0 Å². The van der Waals surface area contributed by atoms with Gasteiger partial charge in [0.2, 0.25) is 0 Å². The Bertz CT molecular complexity index is 127. The molecule has 2 nitrogen and oxygen atoms in total. The van der Waals surface area contributed by atoms with Crippen molar-refractivity contribution in [3.8, 4) is 0 Å². The molecule has 1 aliphatic heterocycles. The molecule has 1 heterocycles. The molecule has 2 atom stereocenters. The monoisotopic (exact) mass is 220 g/mol. The topological polar surface area (TPSA) is 18.5 Å². The van der Waals surface area contributed by atoms with Crippen molar-refractivity contribution in [3.05, 3.63) is 12.7 Å². The average molecular weight is 221 g/mol. The van der Waals surface area contributed by atoms with Crippen molar-refractivity contribution < 1.29 is 9.47 Å². The molecule has 0 aromatic rings. The van der Waals surface area contributed by atoms with Crippen molar-refractivity contribution >= 4 is 15.9 Å². The molecule has 0 bridgehead atoms. The number of halogens is 1. The Morgan fingerprint density at radius 1 is 1.73 bits per heavy atom. The van der Waals surface area contributed by atoms with Gasteiger partial charge < -0.3 is 9.47 Å². The van der Waals surface area contributed by atoms with E-state index < -0.39 is 0 Å². The van der Waals surface area contributed by atoms with Crippen LogP contribution in [0.3, 0.4) is 0 Å². The highest BCUT2D eigenvalue weighted by Crippen LogP contribution is 2.21. The first kappa shape index (κ1) is 9.23. The van der Waals surface area contributed by atoms with Gasteiger partial charge in [0.05, 0.1) is 12.7 Å². The van der Waals surface area contributed by atoms with Crippen LogP contribution in [0.25, 0.3) is 0 Å². The maximum atomic E-state index is 5.45. The van der Waals surface area contributed by atoms with Gasteiger partial charge in [-0.2, -0.15) is 0 Å². The lowest BCUT2D eigenvalue weighted by Crippen LogP contribution is -2.31. The van der Waals surface area contributed by atoms with Crippen LogP contribution in [0.1, 0.15) is 12.8 Å². The average Bonchev–Trinajstić information content (AvgIpc) is 2.03. The second-order valence-electron chi connectivity index (χ2n) is 2.52. The molecule has 1 aliphatic rings. The summed E-state index contributed by atoms with van der Waals surface area (Å²) in [5, 5.41) is 0.0659. The van der Waals surface area contributed by atoms with E-state index >= 15 is 0 Å². The standard InChI is InChI=1S/C8H13BrO2/c1-2-5-10-7-4-3-6-11-8(7)9/h2,7-8H,1,3-6H2/t7-,8-/m0/s1. The van der Waals surface area contributed by atoms with Gasteiger partial charge in [-0.05, 0) is 12.8 Å². The third kappa shape index (κ3) is 2.93. The normalized spacial score (nSPS) is 31.7. The zero-order valence-corrected chi connectivity index (χ0v) is 8.05. The lowest BCUT2D eigenvalue weighted by molar-refractivity contribution is -0.0552. The third-order valence-corrected chi connectivity index (χ3v) is 2.48. The molecule has 0 aromatic carbocycles. The van der Waals surface area contributed by atoms with E-state index in [1.54, 1.807) is 6.08 Å². The van der Waals surface area contributed by atoms with Crippen molar-refractivity contribution in [2.24, 2.45) is 0 Å². The molecule has 0 aromatic heterocycles. The first-order valence-electron chi connectivity index (χ1n) is 3.83. The van der Waals surface area contributed by atoms with Gasteiger partial charge >= 0.3 is 0 Å². The minimum Gasteiger partial charge on any atom is -0.371 e. The molecule has 11 heavy (non-hydrogen) atoms. The van der Waals surface area contributed by atoms with Crippen LogP contribution in [0.15, 0.2) is 12.7 Å². The second kappa shape index (κ2) is 4.91. The highest BCUT2D eigenvalue weighted by atomic mass is 79.9. The molecule has 0 spiro atoms. The predicted octanol–water partition coefficient (Wildman–Crippen LogP) is 2.09. The van der Waals surface area contributed by atoms with Crippen LogP contribution in [0, 0.1) is 0 Å². The summed E-state index contributed by atoms with van der Waals surface area (Å²) in [6, 6.07) is 0. The van der Waals surface area contributed by atoms with Crippen LogP contribution in [-0.2, 0) is 9.47 Å². The van der Waals surface area contributed by atoms with E-state index in [0.717, 1.165) is 19.4 Å². The van der Waals surface area contributed by atoms with Crippen molar-refractivity contribution in [1.82, 2.24) is 0 Å². The maximum absolute atomic E-state index is 5.45. The summed E-state index contributed by atoms with van der Waals surface area (Å²) < 4.78 is 10.8.